The zero-order valence-electron chi connectivity index (χ0n) is 24.8. The van der Waals surface area contributed by atoms with E-state index >= 15 is 0 Å². The molecule has 2 N–H and O–H groups in total. The predicted octanol–water partition coefficient (Wildman–Crippen LogP) is 5.53. The largest absolute Gasteiger partial charge is 0.457 e. The van der Waals surface area contributed by atoms with E-state index in [4.69, 9.17) is 9.47 Å². The molecule has 8 nitrogen and oxygen atoms in total. The molecule has 0 aromatic heterocycles. The number of likely N-dealkylation sites (tertiary alicyclic amines) is 1. The molecule has 1 aliphatic carbocycles. The van der Waals surface area contributed by atoms with Crippen LogP contribution >= 0.6 is 0 Å². The normalized spacial score (nSPS) is 27.3. The van der Waals surface area contributed by atoms with Crippen molar-refractivity contribution in [3.05, 3.63) is 102 Å². The number of benzene rings is 3. The van der Waals surface area contributed by atoms with Gasteiger partial charge in [-0.3, -0.25) is 14.4 Å². The summed E-state index contributed by atoms with van der Waals surface area (Å²) < 4.78 is 12.4. The van der Waals surface area contributed by atoms with E-state index in [2.05, 4.69) is 10.6 Å². The number of nitrogens with one attached hydrogen (secondary N) is 2. The van der Waals surface area contributed by atoms with Crippen LogP contribution in [0.1, 0.15) is 43.2 Å². The highest BCUT2D eigenvalue weighted by molar-refractivity contribution is 6.02. The maximum atomic E-state index is 14.3. The van der Waals surface area contributed by atoms with Crippen molar-refractivity contribution in [2.24, 2.45) is 11.8 Å². The van der Waals surface area contributed by atoms with Crippen LogP contribution in [-0.4, -0.2) is 46.4 Å². The number of rotatable bonds is 8. The van der Waals surface area contributed by atoms with Crippen molar-refractivity contribution in [1.29, 1.82) is 0 Å². The van der Waals surface area contributed by atoms with E-state index in [0.29, 0.717) is 11.4 Å². The van der Waals surface area contributed by atoms with Crippen molar-refractivity contribution >= 4 is 23.4 Å². The highest BCUT2D eigenvalue weighted by atomic mass is 16.5. The zero-order valence-corrected chi connectivity index (χ0v) is 24.8. The Morgan fingerprint density at radius 2 is 1.61 bits per heavy atom. The Labute approximate surface area is 257 Å². The summed E-state index contributed by atoms with van der Waals surface area (Å²) in [5.41, 5.74) is 1.43. The van der Waals surface area contributed by atoms with Crippen LogP contribution in [0.3, 0.4) is 0 Å². The number of ether oxygens (including phenoxy) is 2. The molecule has 5 atom stereocenters. The topological polar surface area (TPSA) is 97.0 Å². The third kappa shape index (κ3) is 5.17. The molecule has 3 fully saturated rings. The molecule has 3 aromatic rings. The number of aryl methyl sites for hydroxylation is 1. The van der Waals surface area contributed by atoms with Gasteiger partial charge in [0.15, 0.2) is 0 Å². The maximum absolute atomic E-state index is 14.3. The van der Waals surface area contributed by atoms with Gasteiger partial charge < -0.3 is 25.0 Å². The van der Waals surface area contributed by atoms with Crippen molar-refractivity contribution in [2.75, 3.05) is 5.32 Å². The molecule has 3 aliphatic heterocycles. The van der Waals surface area contributed by atoms with Crippen LogP contribution in [0, 0.1) is 18.8 Å². The van der Waals surface area contributed by atoms with Crippen molar-refractivity contribution < 1.29 is 23.9 Å². The monoisotopic (exact) mass is 591 g/mol. The van der Waals surface area contributed by atoms with Gasteiger partial charge in [0.1, 0.15) is 23.1 Å². The maximum Gasteiger partial charge on any atom is 0.246 e. The average molecular weight is 592 g/mol. The van der Waals surface area contributed by atoms with Crippen LogP contribution in [0.15, 0.2) is 91.0 Å². The van der Waals surface area contributed by atoms with E-state index < -0.39 is 29.6 Å². The van der Waals surface area contributed by atoms with Crippen LogP contribution in [0.4, 0.5) is 5.69 Å². The van der Waals surface area contributed by atoms with Gasteiger partial charge in [0, 0.05) is 18.3 Å². The van der Waals surface area contributed by atoms with E-state index in [1.54, 1.807) is 29.2 Å². The van der Waals surface area contributed by atoms with Gasteiger partial charge in [-0.1, -0.05) is 79.4 Å². The lowest BCUT2D eigenvalue weighted by molar-refractivity contribution is -0.142. The molecule has 3 heterocycles. The Kier molecular flexibility index (Phi) is 7.46. The van der Waals surface area contributed by atoms with E-state index in [1.165, 1.54) is 6.42 Å². The summed E-state index contributed by atoms with van der Waals surface area (Å²) in [4.78, 5) is 43.8. The Hall–Kier alpha value is -4.43. The van der Waals surface area contributed by atoms with Gasteiger partial charge in [0.2, 0.25) is 17.7 Å². The SMILES string of the molecule is Cc1ccc(CN2C(=O)C3C(C(=O)Nc4ccc(Oc5ccccc5)cc4)C4C=CC3(O4)C2C(=O)NC2CCCCC2)cc1. The quantitative estimate of drug-likeness (QED) is 0.336. The molecule has 2 saturated heterocycles. The molecule has 44 heavy (non-hydrogen) atoms. The first-order chi connectivity index (χ1) is 21.4. The zero-order chi connectivity index (χ0) is 30.3. The summed E-state index contributed by atoms with van der Waals surface area (Å²) in [6, 6.07) is 23.8. The second-order valence-corrected chi connectivity index (χ2v) is 12.4. The van der Waals surface area contributed by atoms with E-state index in [9.17, 15) is 14.4 Å². The fourth-order valence-corrected chi connectivity index (χ4v) is 7.31. The van der Waals surface area contributed by atoms with Gasteiger partial charge in [-0.2, -0.15) is 0 Å². The van der Waals surface area contributed by atoms with Crippen molar-refractivity contribution in [3.63, 3.8) is 0 Å². The Balaban J connectivity index is 1.13. The molecule has 3 aromatic carbocycles. The molecule has 2 bridgehead atoms. The molecule has 8 heteroatoms. The summed E-state index contributed by atoms with van der Waals surface area (Å²) in [6.07, 6.45) is 8.32. The fourth-order valence-electron chi connectivity index (χ4n) is 7.31. The number of anilines is 1. The highest BCUT2D eigenvalue weighted by Crippen LogP contribution is 2.55. The summed E-state index contributed by atoms with van der Waals surface area (Å²) in [5, 5.41) is 6.23. The number of nitrogens with zero attached hydrogens (tertiary/aromatic N) is 1. The molecule has 1 spiro atoms. The second-order valence-electron chi connectivity index (χ2n) is 12.4. The van der Waals surface area contributed by atoms with Gasteiger partial charge in [-0.25, -0.2) is 0 Å². The summed E-state index contributed by atoms with van der Waals surface area (Å²) in [6.45, 7) is 2.28. The lowest BCUT2D eigenvalue weighted by atomic mass is 9.74. The molecule has 4 aliphatic rings. The standard InChI is InChI=1S/C36H37N3O5/c1-23-12-14-24(15-13-23)22-39-32(34(41)38-25-8-4-2-5-9-25)36-21-20-29(44-36)30(31(36)35(39)42)33(40)37-26-16-18-28(19-17-26)43-27-10-6-3-7-11-27/h3,6-7,10-21,25,29-32H,2,4-5,8-9,22H2,1H3,(H,37,40)(H,38,41). The number of carbonyl (C=O) groups excluding carboxylic acids is 3. The first kappa shape index (κ1) is 28.3. The molecular formula is C36H37N3O5. The molecule has 3 amide bonds. The van der Waals surface area contributed by atoms with Crippen molar-refractivity contribution in [2.45, 2.75) is 69.4 Å². The average Bonchev–Trinajstić information content (AvgIpc) is 3.68. The van der Waals surface area contributed by atoms with Crippen molar-refractivity contribution in [1.82, 2.24) is 10.2 Å². The van der Waals surface area contributed by atoms with Crippen LogP contribution in [0.2, 0.25) is 0 Å². The van der Waals surface area contributed by atoms with Gasteiger partial charge in [0.05, 0.1) is 17.9 Å². The van der Waals surface area contributed by atoms with Crippen LogP contribution in [-0.2, 0) is 25.7 Å². The lowest BCUT2D eigenvalue weighted by Crippen LogP contribution is -2.56. The van der Waals surface area contributed by atoms with Crippen molar-refractivity contribution in [3.8, 4) is 11.5 Å². The van der Waals surface area contributed by atoms with Gasteiger partial charge in [-0.05, 0) is 61.7 Å². The Morgan fingerprint density at radius 3 is 2.34 bits per heavy atom. The number of carbonyl (C=O) groups is 3. The van der Waals surface area contributed by atoms with E-state index in [1.807, 2.05) is 73.7 Å². The molecule has 5 unspecified atom stereocenters. The Bertz CT molecular complexity index is 1570. The lowest BCUT2D eigenvalue weighted by Gasteiger charge is -2.34. The third-order valence-electron chi connectivity index (χ3n) is 9.45. The first-order valence-corrected chi connectivity index (χ1v) is 15.6. The molecule has 1 saturated carbocycles. The number of fused-ring (bicyclic) bond motifs is 1. The fraction of sp³-hybridized carbons (Fsp3) is 0.361. The first-order valence-electron chi connectivity index (χ1n) is 15.6. The minimum atomic E-state index is -1.19. The molecule has 226 valence electrons. The Morgan fingerprint density at radius 1 is 0.909 bits per heavy atom. The van der Waals surface area contributed by atoms with Crippen LogP contribution in [0.25, 0.3) is 0 Å². The van der Waals surface area contributed by atoms with Gasteiger partial charge in [0.25, 0.3) is 0 Å². The van der Waals surface area contributed by atoms with Gasteiger partial charge >= 0.3 is 0 Å². The van der Waals surface area contributed by atoms with E-state index in [0.717, 1.165) is 42.6 Å². The number of para-hydroxylation sites is 1. The van der Waals surface area contributed by atoms with Crippen LogP contribution < -0.4 is 15.4 Å². The molecule has 0 radical (unpaired) electrons. The number of amides is 3. The predicted molar refractivity (Wildman–Crippen MR) is 166 cm³/mol. The second kappa shape index (κ2) is 11.6. The number of hydrogen-bond acceptors (Lipinski definition) is 5. The van der Waals surface area contributed by atoms with E-state index in [-0.39, 0.29) is 30.3 Å². The third-order valence-corrected chi connectivity index (χ3v) is 9.45. The number of hydrogen-bond donors (Lipinski definition) is 2. The highest BCUT2D eigenvalue weighted by Gasteiger charge is 2.72. The van der Waals surface area contributed by atoms with Crippen LogP contribution in [0.5, 0.6) is 11.5 Å². The summed E-state index contributed by atoms with van der Waals surface area (Å²) >= 11 is 0. The minimum Gasteiger partial charge on any atom is -0.457 e. The molecule has 7 rings (SSSR count). The minimum absolute atomic E-state index is 0.0820. The smallest absolute Gasteiger partial charge is 0.246 e. The molecular weight excluding hydrogens is 554 g/mol. The summed E-state index contributed by atoms with van der Waals surface area (Å²) in [7, 11) is 0. The van der Waals surface area contributed by atoms with Gasteiger partial charge in [-0.15, -0.1) is 0 Å². The summed E-state index contributed by atoms with van der Waals surface area (Å²) in [5.74, 6) is -0.944.